The molecule has 146 valence electrons. The Morgan fingerprint density at radius 2 is 1.58 bits per heavy atom. The Balaban J connectivity index is 2.87. The highest BCUT2D eigenvalue weighted by Crippen LogP contribution is 2.15. The summed E-state index contributed by atoms with van der Waals surface area (Å²) in [6.45, 7) is 11.2. The summed E-state index contributed by atoms with van der Waals surface area (Å²) in [6.07, 6.45) is 0.151. The highest BCUT2D eigenvalue weighted by molar-refractivity contribution is 5.87. The van der Waals surface area contributed by atoms with Gasteiger partial charge in [-0.3, -0.25) is 4.79 Å². The first-order valence-corrected chi connectivity index (χ1v) is 9.12. The van der Waals surface area contributed by atoms with Crippen molar-refractivity contribution in [3.05, 3.63) is 29.8 Å². The number of amides is 1. The van der Waals surface area contributed by atoms with Gasteiger partial charge in [0.15, 0.2) is 0 Å². The lowest BCUT2D eigenvalue weighted by molar-refractivity contribution is -0.151. The Kier molecular flexibility index (Phi) is 8.58. The molecule has 0 saturated carbocycles. The third kappa shape index (κ3) is 7.44. The predicted molar refractivity (Wildman–Crippen MR) is 102 cm³/mol. The average molecular weight is 364 g/mol. The number of esters is 1. The zero-order chi connectivity index (χ0) is 19.9. The van der Waals surface area contributed by atoms with Crippen molar-refractivity contribution in [1.82, 2.24) is 5.32 Å². The van der Waals surface area contributed by atoms with Gasteiger partial charge in [-0.25, -0.2) is 4.79 Å². The van der Waals surface area contributed by atoms with E-state index in [2.05, 4.69) is 5.32 Å². The number of hydrogen-bond donors (Lipinski definition) is 2. The fraction of sp³-hybridized carbons (Fsp3) is 0.600. The largest absolute Gasteiger partial charge is 0.491 e. The minimum absolute atomic E-state index is 0.0239. The molecule has 6 nitrogen and oxygen atoms in total. The number of hydrogen-bond acceptors (Lipinski definition) is 5. The second-order valence-electron chi connectivity index (χ2n) is 7.33. The molecule has 1 amide bonds. The van der Waals surface area contributed by atoms with Gasteiger partial charge in [0.05, 0.1) is 18.2 Å². The van der Waals surface area contributed by atoms with E-state index < -0.39 is 18.1 Å². The molecule has 0 aliphatic carbocycles. The van der Waals surface area contributed by atoms with Crippen LogP contribution < -0.4 is 15.8 Å². The predicted octanol–water partition coefficient (Wildman–Crippen LogP) is 2.44. The third-order valence-electron chi connectivity index (χ3n) is 3.71. The van der Waals surface area contributed by atoms with E-state index in [0.29, 0.717) is 6.42 Å². The van der Waals surface area contributed by atoms with Gasteiger partial charge in [-0.2, -0.15) is 0 Å². The Morgan fingerprint density at radius 3 is 2.04 bits per heavy atom. The zero-order valence-electron chi connectivity index (χ0n) is 16.6. The maximum Gasteiger partial charge on any atom is 0.329 e. The maximum absolute atomic E-state index is 12.4. The number of benzene rings is 1. The van der Waals surface area contributed by atoms with Crippen LogP contribution in [-0.2, 0) is 20.7 Å². The zero-order valence-corrected chi connectivity index (χ0v) is 16.6. The van der Waals surface area contributed by atoms with Crippen LogP contribution >= 0.6 is 0 Å². The van der Waals surface area contributed by atoms with Crippen LogP contribution in [0.1, 0.15) is 47.1 Å². The molecule has 1 rings (SSSR count). The van der Waals surface area contributed by atoms with E-state index in [-0.39, 0.29) is 24.0 Å². The van der Waals surface area contributed by atoms with E-state index in [4.69, 9.17) is 15.2 Å². The van der Waals surface area contributed by atoms with Gasteiger partial charge in [0.2, 0.25) is 5.91 Å². The fourth-order valence-electron chi connectivity index (χ4n) is 2.29. The number of ether oxygens (including phenoxy) is 2. The molecule has 0 aromatic heterocycles. The molecule has 0 radical (unpaired) electrons. The van der Waals surface area contributed by atoms with Crippen molar-refractivity contribution in [2.24, 2.45) is 11.7 Å². The van der Waals surface area contributed by atoms with Crippen molar-refractivity contribution >= 4 is 11.9 Å². The van der Waals surface area contributed by atoms with Gasteiger partial charge in [0.1, 0.15) is 11.8 Å². The lowest BCUT2D eigenvalue weighted by Crippen LogP contribution is -2.51. The van der Waals surface area contributed by atoms with Gasteiger partial charge >= 0.3 is 5.97 Å². The van der Waals surface area contributed by atoms with Crippen molar-refractivity contribution in [3.8, 4) is 5.75 Å². The van der Waals surface area contributed by atoms with Crippen LogP contribution in [-0.4, -0.2) is 36.2 Å². The quantitative estimate of drug-likeness (QED) is 0.657. The van der Waals surface area contributed by atoms with Crippen LogP contribution in [0, 0.1) is 5.92 Å². The number of nitrogens with two attached hydrogens (primary N) is 1. The van der Waals surface area contributed by atoms with E-state index in [0.717, 1.165) is 11.3 Å². The molecule has 0 fully saturated rings. The Hall–Kier alpha value is -2.08. The SMILES string of the molecule is CC(C)OC(=O)C(Cc1ccc(OC(C)C)cc1)NC(=O)C(N)C(C)C. The van der Waals surface area contributed by atoms with Crippen LogP contribution in [0.25, 0.3) is 0 Å². The molecule has 1 aromatic carbocycles. The Morgan fingerprint density at radius 1 is 1.00 bits per heavy atom. The molecule has 6 heteroatoms. The molecule has 0 aliphatic heterocycles. The van der Waals surface area contributed by atoms with Crippen LogP contribution in [0.4, 0.5) is 0 Å². The van der Waals surface area contributed by atoms with Crippen molar-refractivity contribution < 1.29 is 19.1 Å². The monoisotopic (exact) mass is 364 g/mol. The van der Waals surface area contributed by atoms with Crippen LogP contribution in [0.5, 0.6) is 5.75 Å². The fourth-order valence-corrected chi connectivity index (χ4v) is 2.29. The van der Waals surface area contributed by atoms with E-state index in [9.17, 15) is 9.59 Å². The van der Waals surface area contributed by atoms with Crippen LogP contribution in [0.3, 0.4) is 0 Å². The molecule has 0 heterocycles. The Labute approximate surface area is 156 Å². The lowest BCUT2D eigenvalue weighted by atomic mass is 10.0. The van der Waals surface area contributed by atoms with Gasteiger partial charge in [0, 0.05) is 6.42 Å². The first kappa shape index (κ1) is 22.0. The molecule has 0 saturated heterocycles. The lowest BCUT2D eigenvalue weighted by Gasteiger charge is -2.22. The normalized spacial score (nSPS) is 13.6. The highest BCUT2D eigenvalue weighted by atomic mass is 16.5. The topological polar surface area (TPSA) is 90.6 Å². The second kappa shape index (κ2) is 10.2. The van der Waals surface area contributed by atoms with Gasteiger partial charge < -0.3 is 20.5 Å². The first-order valence-electron chi connectivity index (χ1n) is 9.12. The molecule has 0 spiro atoms. The maximum atomic E-state index is 12.4. The molecule has 2 unspecified atom stereocenters. The molecule has 0 aliphatic rings. The van der Waals surface area contributed by atoms with E-state index in [1.165, 1.54) is 0 Å². The van der Waals surface area contributed by atoms with Gasteiger partial charge in [-0.1, -0.05) is 26.0 Å². The summed E-state index contributed by atoms with van der Waals surface area (Å²) < 4.78 is 10.9. The van der Waals surface area contributed by atoms with Crippen molar-refractivity contribution in [2.75, 3.05) is 0 Å². The minimum atomic E-state index is -0.786. The smallest absolute Gasteiger partial charge is 0.329 e. The molecule has 1 aromatic rings. The number of carbonyl (C=O) groups excluding carboxylic acids is 2. The van der Waals surface area contributed by atoms with Crippen LogP contribution in [0.15, 0.2) is 24.3 Å². The minimum Gasteiger partial charge on any atom is -0.491 e. The number of rotatable bonds is 9. The summed E-state index contributed by atoms with van der Waals surface area (Å²) in [5, 5.41) is 2.73. The van der Waals surface area contributed by atoms with E-state index >= 15 is 0 Å². The summed E-state index contributed by atoms with van der Waals surface area (Å²) in [6, 6.07) is 5.99. The molecule has 2 atom stereocenters. The van der Waals surface area contributed by atoms with Crippen molar-refractivity contribution in [1.29, 1.82) is 0 Å². The standard InChI is InChI=1S/C20H32N2O4/c1-12(2)18(21)19(23)22-17(20(24)26-14(5)6)11-15-7-9-16(10-8-15)25-13(3)4/h7-10,12-14,17-18H,11,21H2,1-6H3,(H,22,23). The number of carbonyl (C=O) groups is 2. The summed E-state index contributed by atoms with van der Waals surface area (Å²) >= 11 is 0. The van der Waals surface area contributed by atoms with E-state index in [1.54, 1.807) is 13.8 Å². The molecule has 26 heavy (non-hydrogen) atoms. The van der Waals surface area contributed by atoms with Gasteiger partial charge in [-0.15, -0.1) is 0 Å². The van der Waals surface area contributed by atoms with Crippen molar-refractivity contribution in [3.63, 3.8) is 0 Å². The summed E-state index contributed by atoms with van der Waals surface area (Å²) in [4.78, 5) is 24.7. The van der Waals surface area contributed by atoms with Crippen LogP contribution in [0.2, 0.25) is 0 Å². The van der Waals surface area contributed by atoms with Gasteiger partial charge in [-0.05, 0) is 51.3 Å². The van der Waals surface area contributed by atoms with Crippen molar-refractivity contribution in [2.45, 2.75) is 72.3 Å². The first-order chi connectivity index (χ1) is 12.1. The molecular formula is C20H32N2O4. The summed E-state index contributed by atoms with van der Waals surface area (Å²) in [5.74, 6) is -0.0857. The molecular weight excluding hydrogens is 332 g/mol. The van der Waals surface area contributed by atoms with E-state index in [1.807, 2.05) is 52.0 Å². The summed E-state index contributed by atoms with van der Waals surface area (Å²) in [7, 11) is 0. The highest BCUT2D eigenvalue weighted by Gasteiger charge is 2.27. The number of nitrogens with one attached hydrogen (secondary N) is 1. The summed E-state index contributed by atoms with van der Waals surface area (Å²) in [5.41, 5.74) is 6.78. The average Bonchev–Trinajstić information content (AvgIpc) is 2.53. The third-order valence-corrected chi connectivity index (χ3v) is 3.71. The molecule has 0 bridgehead atoms. The molecule has 3 N–H and O–H groups in total. The van der Waals surface area contributed by atoms with Gasteiger partial charge in [0.25, 0.3) is 0 Å². The second-order valence-corrected chi connectivity index (χ2v) is 7.33. The Bertz CT molecular complexity index is 582.